The Balaban J connectivity index is 0.000000532. The predicted molar refractivity (Wildman–Crippen MR) is 129 cm³/mol. The largest absolute Gasteiger partial charge is 0.490 e. The number of likely N-dealkylation sites (tertiary alicyclic amines) is 1. The van der Waals surface area contributed by atoms with Crippen LogP contribution in [0.1, 0.15) is 41.7 Å². The Morgan fingerprint density at radius 1 is 1.03 bits per heavy atom. The minimum atomic E-state index is -5.08. The standard InChI is InChI=1S/C23H25F3N4O2.C2HF3O2/c1-15(27-21(31)16-6-8-17(9-7-16)23(24,25)26)14-29-12-10-18(11-13-29)30-20-5-3-2-4-19(20)28-22(30)32;3-2(4,5)1(6)7/h2-9,15,18H,10-14H2,1H3,(H,27,31)(H,28,32);(H,6,7)/t15-;/m0./s1. The summed E-state index contributed by atoms with van der Waals surface area (Å²) in [5, 5.41) is 9.98. The summed E-state index contributed by atoms with van der Waals surface area (Å²) in [6.45, 7) is 4.08. The minimum absolute atomic E-state index is 0.0955. The van der Waals surface area contributed by atoms with E-state index in [1.54, 1.807) is 0 Å². The number of H-pyrrole nitrogens is 1. The van der Waals surface area contributed by atoms with Gasteiger partial charge < -0.3 is 20.3 Å². The van der Waals surface area contributed by atoms with Crippen molar-refractivity contribution >= 4 is 22.9 Å². The summed E-state index contributed by atoms with van der Waals surface area (Å²) in [5.41, 5.74) is 1.07. The first-order valence-corrected chi connectivity index (χ1v) is 11.9. The van der Waals surface area contributed by atoms with Crippen LogP contribution < -0.4 is 11.0 Å². The van der Waals surface area contributed by atoms with E-state index in [1.807, 2.05) is 35.8 Å². The van der Waals surface area contributed by atoms with Crippen LogP contribution >= 0.6 is 0 Å². The summed E-state index contributed by atoms with van der Waals surface area (Å²) < 4.78 is 71.6. The molecule has 0 unspecified atom stereocenters. The molecule has 2 heterocycles. The average molecular weight is 560 g/mol. The summed E-state index contributed by atoms with van der Waals surface area (Å²) in [4.78, 5) is 38.8. The molecule has 14 heteroatoms. The van der Waals surface area contributed by atoms with Gasteiger partial charge in [-0.25, -0.2) is 9.59 Å². The lowest BCUT2D eigenvalue weighted by Crippen LogP contribution is -2.45. The van der Waals surface area contributed by atoms with E-state index in [9.17, 15) is 35.9 Å². The van der Waals surface area contributed by atoms with Gasteiger partial charge in [-0.2, -0.15) is 26.3 Å². The van der Waals surface area contributed by atoms with E-state index in [0.29, 0.717) is 6.54 Å². The second-order valence-electron chi connectivity index (χ2n) is 9.10. The maximum atomic E-state index is 12.7. The van der Waals surface area contributed by atoms with Crippen molar-refractivity contribution in [1.29, 1.82) is 0 Å². The summed E-state index contributed by atoms with van der Waals surface area (Å²) in [7, 11) is 0. The van der Waals surface area contributed by atoms with Crippen molar-refractivity contribution < 1.29 is 41.0 Å². The normalized spacial score (nSPS) is 15.9. The summed E-state index contributed by atoms with van der Waals surface area (Å²) in [6, 6.07) is 11.8. The Hall–Kier alpha value is -3.81. The van der Waals surface area contributed by atoms with E-state index >= 15 is 0 Å². The van der Waals surface area contributed by atoms with Gasteiger partial charge in [0.25, 0.3) is 5.91 Å². The number of aliphatic carboxylic acids is 1. The Kier molecular flexibility index (Phi) is 9.10. The molecule has 1 saturated heterocycles. The maximum Gasteiger partial charge on any atom is 0.490 e. The predicted octanol–water partition coefficient (Wildman–Crippen LogP) is 4.44. The van der Waals surface area contributed by atoms with Crippen LogP contribution in [-0.4, -0.2) is 63.3 Å². The lowest BCUT2D eigenvalue weighted by Gasteiger charge is -2.34. The van der Waals surface area contributed by atoms with Gasteiger partial charge in [-0.3, -0.25) is 9.36 Å². The van der Waals surface area contributed by atoms with Gasteiger partial charge in [0.1, 0.15) is 0 Å². The van der Waals surface area contributed by atoms with Crippen LogP contribution in [-0.2, 0) is 11.0 Å². The first-order chi connectivity index (χ1) is 18.2. The Labute approximate surface area is 218 Å². The molecule has 39 heavy (non-hydrogen) atoms. The van der Waals surface area contributed by atoms with Crippen molar-refractivity contribution in [2.45, 2.75) is 44.2 Å². The number of imidazole rings is 1. The number of nitrogens with one attached hydrogen (secondary N) is 2. The van der Waals surface area contributed by atoms with Crippen LogP contribution in [0.15, 0.2) is 53.3 Å². The molecule has 3 aromatic rings. The molecule has 1 aromatic heterocycles. The molecule has 0 bridgehead atoms. The van der Waals surface area contributed by atoms with E-state index in [-0.39, 0.29) is 23.3 Å². The van der Waals surface area contributed by atoms with Gasteiger partial charge in [0.2, 0.25) is 0 Å². The third-order valence-electron chi connectivity index (χ3n) is 6.17. The number of halogens is 6. The average Bonchev–Trinajstić information content (AvgIpc) is 3.19. The minimum Gasteiger partial charge on any atom is -0.475 e. The highest BCUT2D eigenvalue weighted by Crippen LogP contribution is 2.29. The molecular formula is C25H26F6N4O4. The molecule has 8 nitrogen and oxygen atoms in total. The number of piperidine rings is 1. The second-order valence-corrected chi connectivity index (χ2v) is 9.10. The molecule has 0 radical (unpaired) electrons. The number of carbonyl (C=O) groups excluding carboxylic acids is 1. The first-order valence-electron chi connectivity index (χ1n) is 11.9. The van der Waals surface area contributed by atoms with Gasteiger partial charge in [-0.05, 0) is 56.2 Å². The summed E-state index contributed by atoms with van der Waals surface area (Å²) >= 11 is 0. The van der Waals surface area contributed by atoms with Crippen LogP contribution in [0.2, 0.25) is 0 Å². The van der Waals surface area contributed by atoms with Gasteiger partial charge in [0.15, 0.2) is 0 Å². The van der Waals surface area contributed by atoms with Crippen LogP contribution in [0.3, 0.4) is 0 Å². The topological polar surface area (TPSA) is 107 Å². The number of aromatic nitrogens is 2. The summed E-state index contributed by atoms with van der Waals surface area (Å²) in [5.74, 6) is -3.15. The van der Waals surface area contributed by atoms with E-state index in [4.69, 9.17) is 9.90 Å². The number of amides is 1. The van der Waals surface area contributed by atoms with Crippen LogP contribution in [0.25, 0.3) is 11.0 Å². The zero-order chi connectivity index (χ0) is 29.0. The summed E-state index contributed by atoms with van der Waals surface area (Å²) in [6.07, 6.45) is -7.87. The fourth-order valence-corrected chi connectivity index (χ4v) is 4.35. The van der Waals surface area contributed by atoms with E-state index in [1.165, 1.54) is 12.1 Å². The number of benzene rings is 2. The highest BCUT2D eigenvalue weighted by Gasteiger charge is 2.38. The SMILES string of the molecule is C[C@@H](CN1CCC(n2c(=O)[nH]c3ccccc32)CC1)NC(=O)c1ccc(C(F)(F)F)cc1.O=C(O)C(F)(F)F. The molecule has 1 amide bonds. The lowest BCUT2D eigenvalue weighted by atomic mass is 10.0. The van der Waals surface area contributed by atoms with Gasteiger partial charge in [-0.15, -0.1) is 0 Å². The van der Waals surface area contributed by atoms with Crippen LogP contribution in [0, 0.1) is 0 Å². The Bertz CT molecular complexity index is 1340. The number of hydrogen-bond acceptors (Lipinski definition) is 4. The fraction of sp³-hybridized carbons (Fsp3) is 0.400. The van der Waals surface area contributed by atoms with E-state index < -0.39 is 29.8 Å². The van der Waals surface area contributed by atoms with Gasteiger partial charge in [0.05, 0.1) is 16.6 Å². The molecule has 4 rings (SSSR count). The van der Waals surface area contributed by atoms with Crippen molar-refractivity contribution in [3.8, 4) is 0 Å². The molecule has 1 aliphatic rings. The zero-order valence-electron chi connectivity index (χ0n) is 20.6. The highest BCUT2D eigenvalue weighted by molar-refractivity contribution is 5.94. The molecule has 1 atom stereocenters. The van der Waals surface area contributed by atoms with Crippen molar-refractivity contribution in [2.75, 3.05) is 19.6 Å². The van der Waals surface area contributed by atoms with Gasteiger partial charge in [-0.1, -0.05) is 12.1 Å². The van der Waals surface area contributed by atoms with Crippen LogP contribution in [0.4, 0.5) is 26.3 Å². The number of nitrogens with zero attached hydrogens (tertiary/aromatic N) is 2. The number of fused-ring (bicyclic) bond motifs is 1. The fourth-order valence-electron chi connectivity index (χ4n) is 4.35. The molecule has 1 aliphatic heterocycles. The molecule has 0 saturated carbocycles. The molecule has 3 N–H and O–H groups in total. The highest BCUT2D eigenvalue weighted by atomic mass is 19.4. The number of hydrogen-bond donors (Lipinski definition) is 3. The van der Waals surface area contributed by atoms with Gasteiger partial charge in [0, 0.05) is 37.3 Å². The third-order valence-corrected chi connectivity index (χ3v) is 6.17. The van der Waals surface area contributed by atoms with Crippen molar-refractivity contribution in [2.24, 2.45) is 0 Å². The number of carboxylic acids is 1. The molecule has 1 fully saturated rings. The van der Waals surface area contributed by atoms with E-state index in [0.717, 1.165) is 49.1 Å². The smallest absolute Gasteiger partial charge is 0.475 e. The molecular weight excluding hydrogens is 534 g/mol. The first kappa shape index (κ1) is 29.7. The van der Waals surface area contributed by atoms with Crippen molar-refractivity contribution in [3.63, 3.8) is 0 Å². The molecule has 0 spiro atoms. The third kappa shape index (κ3) is 7.85. The maximum absolute atomic E-state index is 12.7. The van der Waals surface area contributed by atoms with E-state index in [2.05, 4.69) is 15.2 Å². The van der Waals surface area contributed by atoms with Crippen molar-refractivity contribution in [3.05, 3.63) is 70.1 Å². The van der Waals surface area contributed by atoms with Crippen LogP contribution in [0.5, 0.6) is 0 Å². The second kappa shape index (κ2) is 11.9. The number of para-hydroxylation sites is 2. The number of rotatable bonds is 5. The monoisotopic (exact) mass is 560 g/mol. The van der Waals surface area contributed by atoms with Crippen molar-refractivity contribution in [1.82, 2.24) is 19.8 Å². The quantitative estimate of drug-likeness (QED) is 0.400. The number of carboxylic acid groups (broad SMARTS) is 1. The molecule has 0 aliphatic carbocycles. The Morgan fingerprint density at radius 3 is 2.13 bits per heavy atom. The molecule has 212 valence electrons. The Morgan fingerprint density at radius 2 is 1.59 bits per heavy atom. The molecule has 2 aromatic carbocycles. The number of alkyl halides is 6. The zero-order valence-corrected chi connectivity index (χ0v) is 20.6. The number of carbonyl (C=O) groups is 2. The number of aromatic amines is 1. The lowest BCUT2D eigenvalue weighted by molar-refractivity contribution is -0.192. The van der Waals surface area contributed by atoms with Gasteiger partial charge >= 0.3 is 24.0 Å².